The van der Waals surface area contributed by atoms with E-state index in [1.807, 2.05) is 30.3 Å². The van der Waals surface area contributed by atoms with E-state index in [0.29, 0.717) is 19.1 Å². The Morgan fingerprint density at radius 1 is 1.03 bits per heavy atom. The molecule has 2 aliphatic heterocycles. The molecule has 5 nitrogen and oxygen atoms in total. The minimum absolute atomic E-state index is 0.188. The van der Waals surface area contributed by atoms with Gasteiger partial charge in [0.05, 0.1) is 0 Å². The average molecular weight is 391 g/mol. The van der Waals surface area contributed by atoms with Gasteiger partial charge in [-0.2, -0.15) is 0 Å². The Morgan fingerprint density at radius 2 is 1.83 bits per heavy atom. The number of carbonyl (C=O) groups excluding carboxylic acids is 1. The quantitative estimate of drug-likeness (QED) is 0.729. The van der Waals surface area contributed by atoms with Crippen LogP contribution < -0.4 is 10.5 Å². The highest BCUT2D eigenvalue weighted by molar-refractivity contribution is 5.97. The summed E-state index contributed by atoms with van der Waals surface area (Å²) < 4.78 is 13.5. The third kappa shape index (κ3) is 3.18. The number of pyridine rings is 1. The van der Waals surface area contributed by atoms with Crippen LogP contribution in [0.5, 0.6) is 0 Å². The first kappa shape index (κ1) is 17.9. The first-order valence-electron chi connectivity index (χ1n) is 10.1. The molecule has 0 radical (unpaired) electrons. The van der Waals surface area contributed by atoms with Crippen LogP contribution in [0, 0.1) is 5.82 Å². The molecular formula is C23H22FN3O2. The van der Waals surface area contributed by atoms with Crippen molar-refractivity contribution in [2.75, 3.05) is 24.5 Å². The molecule has 0 aliphatic carbocycles. The van der Waals surface area contributed by atoms with E-state index in [9.17, 15) is 14.0 Å². The standard InChI is InChI=1S/C23H22FN3O2/c24-17-5-6-21-16(13-17)7-12-27(21)18-8-10-26(11-9-18)23(29)19-14-15-3-1-2-4-20(15)25-22(19)28/h1-6,13-14,18H,7-12H2,(H,25,28). The van der Waals surface area contributed by atoms with Gasteiger partial charge in [0, 0.05) is 36.9 Å². The van der Waals surface area contributed by atoms with Crippen LogP contribution in [0.1, 0.15) is 28.8 Å². The average Bonchev–Trinajstić information content (AvgIpc) is 3.16. The van der Waals surface area contributed by atoms with E-state index in [1.165, 1.54) is 6.07 Å². The van der Waals surface area contributed by atoms with Gasteiger partial charge < -0.3 is 14.8 Å². The van der Waals surface area contributed by atoms with Gasteiger partial charge >= 0.3 is 0 Å². The van der Waals surface area contributed by atoms with Crippen LogP contribution in [0.4, 0.5) is 10.1 Å². The molecule has 3 aromatic rings. The van der Waals surface area contributed by atoms with E-state index < -0.39 is 0 Å². The number of halogens is 1. The summed E-state index contributed by atoms with van der Waals surface area (Å²) in [6.07, 6.45) is 2.54. The lowest BCUT2D eigenvalue weighted by molar-refractivity contribution is 0.0711. The Morgan fingerprint density at radius 3 is 2.66 bits per heavy atom. The van der Waals surface area contributed by atoms with Gasteiger partial charge in [-0.1, -0.05) is 18.2 Å². The molecule has 0 atom stereocenters. The number of benzene rings is 2. The normalized spacial score (nSPS) is 17.0. The molecular weight excluding hydrogens is 369 g/mol. The number of nitrogens with one attached hydrogen (secondary N) is 1. The fourth-order valence-corrected chi connectivity index (χ4v) is 4.63. The number of H-pyrrole nitrogens is 1. The number of nitrogens with zero attached hydrogens (tertiary/aromatic N) is 2. The van der Waals surface area contributed by atoms with E-state index in [-0.39, 0.29) is 22.8 Å². The van der Waals surface area contributed by atoms with Crippen LogP contribution in [-0.4, -0.2) is 41.5 Å². The minimum Gasteiger partial charge on any atom is -0.368 e. The molecule has 1 N–H and O–H groups in total. The first-order valence-corrected chi connectivity index (χ1v) is 10.1. The third-order valence-corrected chi connectivity index (χ3v) is 6.15. The number of amides is 1. The number of rotatable bonds is 2. The summed E-state index contributed by atoms with van der Waals surface area (Å²) in [6, 6.07) is 14.5. The van der Waals surface area contributed by atoms with Crippen LogP contribution in [0.15, 0.2) is 53.3 Å². The molecule has 1 fully saturated rings. The summed E-state index contributed by atoms with van der Waals surface area (Å²) in [4.78, 5) is 32.3. The van der Waals surface area contributed by atoms with Crippen LogP contribution in [0.3, 0.4) is 0 Å². The second kappa shape index (κ2) is 7.03. The Kier molecular flexibility index (Phi) is 4.34. The highest BCUT2D eigenvalue weighted by Crippen LogP contribution is 2.33. The number of carbonyl (C=O) groups is 1. The number of aromatic nitrogens is 1. The van der Waals surface area contributed by atoms with Crippen LogP contribution in [0.25, 0.3) is 10.9 Å². The lowest BCUT2D eigenvalue weighted by atomic mass is 10.0. The van der Waals surface area contributed by atoms with Gasteiger partial charge in [0.15, 0.2) is 0 Å². The molecule has 2 aliphatic rings. The smallest absolute Gasteiger partial charge is 0.261 e. The van der Waals surface area contributed by atoms with E-state index in [1.54, 1.807) is 17.0 Å². The van der Waals surface area contributed by atoms with E-state index in [4.69, 9.17) is 0 Å². The van der Waals surface area contributed by atoms with E-state index >= 15 is 0 Å². The Labute approximate surface area is 167 Å². The van der Waals surface area contributed by atoms with Gasteiger partial charge in [-0.25, -0.2) is 4.39 Å². The zero-order valence-corrected chi connectivity index (χ0v) is 16.0. The number of anilines is 1. The first-order chi connectivity index (χ1) is 14.1. The number of para-hydroxylation sites is 1. The third-order valence-electron chi connectivity index (χ3n) is 6.15. The van der Waals surface area contributed by atoms with Crippen molar-refractivity contribution in [2.45, 2.75) is 25.3 Å². The van der Waals surface area contributed by atoms with Crippen molar-refractivity contribution in [3.63, 3.8) is 0 Å². The highest BCUT2D eigenvalue weighted by atomic mass is 19.1. The molecule has 0 unspecified atom stereocenters. The lowest BCUT2D eigenvalue weighted by Gasteiger charge is -2.38. The summed E-state index contributed by atoms with van der Waals surface area (Å²) in [5, 5.41) is 0.853. The second-order valence-electron chi connectivity index (χ2n) is 7.84. The summed E-state index contributed by atoms with van der Waals surface area (Å²) in [5.41, 5.74) is 2.76. The number of hydrogen-bond donors (Lipinski definition) is 1. The van der Waals surface area contributed by atoms with Crippen LogP contribution in [0.2, 0.25) is 0 Å². The molecule has 1 amide bonds. The number of piperidine rings is 1. The van der Waals surface area contributed by atoms with Gasteiger partial charge in [-0.15, -0.1) is 0 Å². The second-order valence-corrected chi connectivity index (χ2v) is 7.84. The summed E-state index contributed by atoms with van der Waals surface area (Å²) in [7, 11) is 0. The molecule has 6 heteroatoms. The SMILES string of the molecule is O=C(c1cc2ccccc2[nH]c1=O)N1CCC(N2CCc3cc(F)ccc32)CC1. The van der Waals surface area contributed by atoms with Crippen molar-refractivity contribution >= 4 is 22.5 Å². The monoisotopic (exact) mass is 391 g/mol. The number of aromatic amines is 1. The summed E-state index contributed by atoms with van der Waals surface area (Å²) in [6.45, 7) is 2.12. The Hall–Kier alpha value is -3.15. The summed E-state index contributed by atoms with van der Waals surface area (Å²) >= 11 is 0. The molecule has 1 saturated heterocycles. The van der Waals surface area contributed by atoms with Crippen molar-refractivity contribution in [1.29, 1.82) is 0 Å². The van der Waals surface area contributed by atoms with Gasteiger partial charge in [-0.3, -0.25) is 9.59 Å². The Balaban J connectivity index is 1.31. The van der Waals surface area contributed by atoms with Crippen molar-refractivity contribution in [1.82, 2.24) is 9.88 Å². The van der Waals surface area contributed by atoms with Crippen molar-refractivity contribution in [3.05, 3.63) is 75.8 Å². The van der Waals surface area contributed by atoms with Crippen LogP contribution >= 0.6 is 0 Å². The predicted molar refractivity (Wildman–Crippen MR) is 111 cm³/mol. The molecule has 0 saturated carbocycles. The molecule has 2 aromatic carbocycles. The molecule has 29 heavy (non-hydrogen) atoms. The minimum atomic E-state index is -0.341. The molecule has 148 valence electrons. The van der Waals surface area contributed by atoms with Crippen molar-refractivity contribution in [2.24, 2.45) is 0 Å². The maximum atomic E-state index is 13.5. The lowest BCUT2D eigenvalue weighted by Crippen LogP contribution is -2.47. The summed E-state index contributed by atoms with van der Waals surface area (Å²) in [5.74, 6) is -0.397. The molecule has 5 rings (SSSR count). The predicted octanol–water partition coefficient (Wildman–Crippen LogP) is 3.33. The zero-order valence-electron chi connectivity index (χ0n) is 16.0. The van der Waals surface area contributed by atoms with Gasteiger partial charge in [-0.05, 0) is 60.5 Å². The van der Waals surface area contributed by atoms with Gasteiger partial charge in [0.25, 0.3) is 11.5 Å². The highest BCUT2D eigenvalue weighted by Gasteiger charge is 2.31. The fourth-order valence-electron chi connectivity index (χ4n) is 4.63. The maximum absolute atomic E-state index is 13.5. The van der Waals surface area contributed by atoms with E-state index in [0.717, 1.165) is 48.0 Å². The van der Waals surface area contributed by atoms with E-state index in [2.05, 4.69) is 9.88 Å². The molecule has 3 heterocycles. The maximum Gasteiger partial charge on any atom is 0.261 e. The van der Waals surface area contributed by atoms with Crippen LogP contribution in [-0.2, 0) is 6.42 Å². The van der Waals surface area contributed by atoms with Crippen molar-refractivity contribution in [3.8, 4) is 0 Å². The van der Waals surface area contributed by atoms with Crippen molar-refractivity contribution < 1.29 is 9.18 Å². The van der Waals surface area contributed by atoms with Gasteiger partial charge in [0.2, 0.25) is 0 Å². The van der Waals surface area contributed by atoms with Gasteiger partial charge in [0.1, 0.15) is 11.4 Å². The number of hydrogen-bond acceptors (Lipinski definition) is 3. The molecule has 0 spiro atoms. The zero-order chi connectivity index (χ0) is 20.0. The topological polar surface area (TPSA) is 56.4 Å². The number of likely N-dealkylation sites (tertiary alicyclic amines) is 1. The molecule has 1 aromatic heterocycles. The Bertz CT molecular complexity index is 1150. The largest absolute Gasteiger partial charge is 0.368 e. The number of fused-ring (bicyclic) bond motifs is 2. The fraction of sp³-hybridized carbons (Fsp3) is 0.304. The molecule has 0 bridgehead atoms.